The Labute approximate surface area is 122 Å². The van der Waals surface area contributed by atoms with Gasteiger partial charge in [0.2, 0.25) is 10.0 Å². The highest BCUT2D eigenvalue weighted by Gasteiger charge is 2.31. The van der Waals surface area contributed by atoms with E-state index >= 15 is 0 Å². The maximum absolute atomic E-state index is 12.3. The summed E-state index contributed by atoms with van der Waals surface area (Å²) in [5.74, 6) is 0. The van der Waals surface area contributed by atoms with Crippen LogP contribution >= 0.6 is 43.5 Å². The monoisotopic (exact) mass is 401 g/mol. The molecule has 7 heteroatoms. The van der Waals surface area contributed by atoms with Crippen LogP contribution in [0, 0.1) is 0 Å². The van der Waals surface area contributed by atoms with E-state index in [-0.39, 0.29) is 9.72 Å². The summed E-state index contributed by atoms with van der Waals surface area (Å²) in [4.78, 5) is 0.517. The Bertz CT molecular complexity index is 535. The molecule has 0 amide bonds. The molecule has 1 aromatic rings. The lowest BCUT2D eigenvalue weighted by atomic mass is 10.4. The van der Waals surface area contributed by atoms with Crippen LogP contribution in [0.3, 0.4) is 0 Å². The fourth-order valence-corrected chi connectivity index (χ4v) is 4.61. The minimum Gasteiger partial charge on any atom is -0.207 e. The molecule has 1 aliphatic rings. The first-order valence-corrected chi connectivity index (χ1v) is 8.53. The first kappa shape index (κ1) is 13.8. The van der Waals surface area contributed by atoms with E-state index in [1.54, 1.807) is 12.1 Å². The Morgan fingerprint density at radius 1 is 1.41 bits per heavy atom. The Morgan fingerprint density at radius 3 is 2.65 bits per heavy atom. The van der Waals surface area contributed by atoms with Crippen molar-refractivity contribution in [2.24, 2.45) is 0 Å². The van der Waals surface area contributed by atoms with Crippen LogP contribution in [0.2, 0.25) is 5.02 Å². The molecule has 1 saturated heterocycles. The SMILES string of the molecule is O=S(=O)(c1ccc(Cl)c(Br)c1)N1CCC(Br)C1. The van der Waals surface area contributed by atoms with E-state index < -0.39 is 10.0 Å². The van der Waals surface area contributed by atoms with Crippen LogP contribution in [0.15, 0.2) is 27.6 Å². The zero-order chi connectivity index (χ0) is 12.6. The summed E-state index contributed by atoms with van der Waals surface area (Å²) in [6.07, 6.45) is 0.841. The summed E-state index contributed by atoms with van der Waals surface area (Å²) in [5.41, 5.74) is 0. The van der Waals surface area contributed by atoms with Gasteiger partial charge in [-0.15, -0.1) is 0 Å². The third kappa shape index (κ3) is 2.87. The summed E-state index contributed by atoms with van der Waals surface area (Å²) < 4.78 is 26.7. The number of rotatable bonds is 2. The van der Waals surface area contributed by atoms with Gasteiger partial charge >= 0.3 is 0 Å². The second-order valence-electron chi connectivity index (χ2n) is 3.82. The minimum absolute atomic E-state index is 0.244. The highest BCUT2D eigenvalue weighted by molar-refractivity contribution is 9.10. The molecule has 3 nitrogen and oxygen atoms in total. The highest BCUT2D eigenvalue weighted by atomic mass is 79.9. The molecule has 1 heterocycles. The average Bonchev–Trinajstić information content (AvgIpc) is 2.69. The number of halogens is 3. The molecule has 0 bridgehead atoms. The van der Waals surface area contributed by atoms with Crippen molar-refractivity contribution < 1.29 is 8.42 Å². The smallest absolute Gasteiger partial charge is 0.207 e. The van der Waals surface area contributed by atoms with Crippen molar-refractivity contribution in [3.05, 3.63) is 27.7 Å². The largest absolute Gasteiger partial charge is 0.243 e. The maximum Gasteiger partial charge on any atom is 0.243 e. The molecular weight excluding hydrogens is 393 g/mol. The average molecular weight is 404 g/mol. The molecule has 0 N–H and O–H groups in total. The van der Waals surface area contributed by atoms with Gasteiger partial charge in [0.05, 0.1) is 9.92 Å². The number of alkyl halides is 1. The van der Waals surface area contributed by atoms with Crippen LogP contribution in [0.4, 0.5) is 0 Å². The Morgan fingerprint density at radius 2 is 2.12 bits per heavy atom. The van der Waals surface area contributed by atoms with E-state index in [0.29, 0.717) is 22.6 Å². The molecule has 1 unspecified atom stereocenters. The lowest BCUT2D eigenvalue weighted by Crippen LogP contribution is -2.28. The summed E-state index contributed by atoms with van der Waals surface area (Å²) in [6.45, 7) is 1.07. The normalized spacial score (nSPS) is 21.9. The predicted molar refractivity (Wildman–Crippen MR) is 75.2 cm³/mol. The molecule has 17 heavy (non-hydrogen) atoms. The zero-order valence-corrected chi connectivity index (χ0v) is 13.5. The van der Waals surface area contributed by atoms with Crippen LogP contribution in [0.25, 0.3) is 0 Å². The summed E-state index contributed by atoms with van der Waals surface area (Å²) in [5, 5.41) is 0.503. The Kier molecular flexibility index (Phi) is 4.20. The molecule has 1 aliphatic heterocycles. The van der Waals surface area contributed by atoms with Crippen molar-refractivity contribution >= 4 is 53.5 Å². The van der Waals surface area contributed by atoms with Crippen LogP contribution < -0.4 is 0 Å². The van der Waals surface area contributed by atoms with Gasteiger partial charge in [0.15, 0.2) is 0 Å². The number of hydrogen-bond acceptors (Lipinski definition) is 2. The van der Waals surface area contributed by atoms with Gasteiger partial charge in [-0.05, 0) is 40.5 Å². The quantitative estimate of drug-likeness (QED) is 0.711. The molecular formula is C10H10Br2ClNO2S. The number of benzene rings is 1. The van der Waals surface area contributed by atoms with E-state index in [1.807, 2.05) is 0 Å². The number of nitrogens with zero attached hydrogens (tertiary/aromatic N) is 1. The van der Waals surface area contributed by atoms with Crippen LogP contribution in [0.1, 0.15) is 6.42 Å². The maximum atomic E-state index is 12.3. The van der Waals surface area contributed by atoms with E-state index in [9.17, 15) is 8.42 Å². The fraction of sp³-hybridized carbons (Fsp3) is 0.400. The van der Waals surface area contributed by atoms with E-state index in [2.05, 4.69) is 31.9 Å². The first-order chi connectivity index (χ1) is 7.91. The van der Waals surface area contributed by atoms with Crippen LogP contribution in [0.5, 0.6) is 0 Å². The van der Waals surface area contributed by atoms with E-state index in [0.717, 1.165) is 6.42 Å². The molecule has 2 rings (SSSR count). The zero-order valence-electron chi connectivity index (χ0n) is 8.74. The van der Waals surface area contributed by atoms with Gasteiger partial charge in [-0.1, -0.05) is 27.5 Å². The van der Waals surface area contributed by atoms with Gasteiger partial charge in [0.25, 0.3) is 0 Å². The molecule has 0 spiro atoms. The van der Waals surface area contributed by atoms with Crippen LogP contribution in [-0.2, 0) is 10.0 Å². The molecule has 94 valence electrons. The Balaban J connectivity index is 2.35. The van der Waals surface area contributed by atoms with Gasteiger partial charge in [-0.3, -0.25) is 0 Å². The standard InChI is InChI=1S/C10H10Br2ClNO2S/c11-7-3-4-14(6-7)17(15,16)8-1-2-10(13)9(12)5-8/h1-2,5,7H,3-4,6H2. The van der Waals surface area contributed by atoms with Crippen molar-refractivity contribution in [1.82, 2.24) is 4.31 Å². The second kappa shape index (κ2) is 5.17. The summed E-state index contributed by atoms with van der Waals surface area (Å²) in [7, 11) is -3.40. The van der Waals surface area contributed by atoms with Crippen molar-refractivity contribution in [3.8, 4) is 0 Å². The molecule has 0 saturated carbocycles. The topological polar surface area (TPSA) is 37.4 Å². The van der Waals surface area contributed by atoms with E-state index in [1.165, 1.54) is 10.4 Å². The number of sulfonamides is 1. The molecule has 0 aliphatic carbocycles. The lowest BCUT2D eigenvalue weighted by molar-refractivity contribution is 0.478. The van der Waals surface area contributed by atoms with Crippen molar-refractivity contribution in [2.45, 2.75) is 16.1 Å². The van der Waals surface area contributed by atoms with E-state index in [4.69, 9.17) is 11.6 Å². The molecule has 1 aromatic carbocycles. The summed E-state index contributed by atoms with van der Waals surface area (Å²) >= 11 is 12.5. The third-order valence-corrected chi connectivity index (χ3v) is 6.44. The molecule has 1 atom stereocenters. The number of hydrogen-bond donors (Lipinski definition) is 0. The van der Waals surface area contributed by atoms with Gasteiger partial charge < -0.3 is 0 Å². The second-order valence-corrected chi connectivity index (χ2v) is 8.32. The fourth-order valence-electron chi connectivity index (χ4n) is 1.69. The van der Waals surface area contributed by atoms with Gasteiger partial charge in [0, 0.05) is 22.4 Å². The van der Waals surface area contributed by atoms with Crippen molar-refractivity contribution in [1.29, 1.82) is 0 Å². The predicted octanol–water partition coefficient (Wildman–Crippen LogP) is 3.26. The molecule has 0 radical (unpaired) electrons. The minimum atomic E-state index is -3.40. The third-order valence-electron chi connectivity index (χ3n) is 2.62. The van der Waals surface area contributed by atoms with Gasteiger partial charge in [0.1, 0.15) is 0 Å². The van der Waals surface area contributed by atoms with Crippen molar-refractivity contribution in [2.75, 3.05) is 13.1 Å². The van der Waals surface area contributed by atoms with Crippen molar-refractivity contribution in [3.63, 3.8) is 0 Å². The van der Waals surface area contributed by atoms with Gasteiger partial charge in [-0.25, -0.2) is 8.42 Å². The Hall–Kier alpha value is 0.380. The van der Waals surface area contributed by atoms with Crippen LogP contribution in [-0.4, -0.2) is 30.6 Å². The first-order valence-electron chi connectivity index (χ1n) is 5.00. The molecule has 0 aromatic heterocycles. The molecule has 1 fully saturated rings. The lowest BCUT2D eigenvalue weighted by Gasteiger charge is -2.16. The van der Waals surface area contributed by atoms with Gasteiger partial charge in [-0.2, -0.15) is 4.31 Å². The highest BCUT2D eigenvalue weighted by Crippen LogP contribution is 2.29. The summed E-state index contributed by atoms with van der Waals surface area (Å²) in [6, 6.07) is 4.66.